The molecule has 0 bridgehead atoms. The van der Waals surface area contributed by atoms with Gasteiger partial charge in [-0.3, -0.25) is 0 Å². The molecule has 1 rings (SSSR count). The molecular weight excluding hydrogens is 158 g/mol. The Balaban J connectivity index is 2.43. The summed E-state index contributed by atoms with van der Waals surface area (Å²) in [5.41, 5.74) is 0. The summed E-state index contributed by atoms with van der Waals surface area (Å²) < 4.78 is 10.6. The standard InChI is InChI=1S/C8H15NOS/c1-8(2,11(9)10)6-5-7-3-4-7/h5-7H,3-4,9H2,1-2H3. The highest BCUT2D eigenvalue weighted by molar-refractivity contribution is 7.90. The van der Waals surface area contributed by atoms with E-state index in [4.69, 9.17) is 5.14 Å². The van der Waals surface area contributed by atoms with Crippen molar-refractivity contribution >= 4 is 11.4 Å². The van der Waals surface area contributed by atoms with Crippen molar-refractivity contribution in [2.45, 2.75) is 31.4 Å². The number of rotatable bonds is 3. The van der Waals surface area contributed by atoms with Crippen molar-refractivity contribution in [3.8, 4) is 0 Å². The predicted octanol–water partition coefficient (Wildman–Crippen LogP) is 1.35. The van der Waals surface area contributed by atoms with Crippen LogP contribution in [0, 0.1) is 5.92 Å². The van der Waals surface area contributed by atoms with Crippen LogP contribution in [0.25, 0.3) is 0 Å². The molecule has 0 radical (unpaired) electrons. The number of hydrogen-bond acceptors (Lipinski definition) is 2. The summed E-state index contributed by atoms with van der Waals surface area (Å²) in [4.78, 5) is 0. The van der Waals surface area contributed by atoms with Crippen molar-refractivity contribution in [1.82, 2.24) is 0 Å². The maximum Gasteiger partial charge on any atom is 0.157 e. The highest BCUT2D eigenvalue weighted by Crippen LogP contribution is 2.31. The van der Waals surface area contributed by atoms with E-state index in [0.29, 0.717) is 0 Å². The van der Waals surface area contributed by atoms with Gasteiger partial charge in [0, 0.05) is 11.4 Å². The second kappa shape index (κ2) is 3.17. The molecule has 0 aromatic rings. The van der Waals surface area contributed by atoms with Gasteiger partial charge in [0.1, 0.15) is 0 Å². The van der Waals surface area contributed by atoms with Crippen molar-refractivity contribution in [2.75, 3.05) is 0 Å². The molecule has 3 heteroatoms. The molecule has 0 aliphatic heterocycles. The Morgan fingerprint density at radius 3 is 2.45 bits per heavy atom. The van der Waals surface area contributed by atoms with Crippen LogP contribution in [-0.2, 0) is 11.4 Å². The summed E-state index contributed by atoms with van der Waals surface area (Å²) in [6.45, 7) is 3.78. The lowest BCUT2D eigenvalue weighted by Gasteiger charge is -2.19. The van der Waals surface area contributed by atoms with Crippen LogP contribution in [0.4, 0.5) is 0 Å². The van der Waals surface area contributed by atoms with E-state index in [9.17, 15) is 4.55 Å². The predicted molar refractivity (Wildman–Crippen MR) is 48.3 cm³/mol. The summed E-state index contributed by atoms with van der Waals surface area (Å²) in [7, 11) is 0. The van der Waals surface area contributed by atoms with E-state index in [1.54, 1.807) is 0 Å². The third kappa shape index (κ3) is 2.85. The molecule has 1 aliphatic carbocycles. The molecule has 11 heavy (non-hydrogen) atoms. The maximum atomic E-state index is 10.9. The first kappa shape index (κ1) is 9.10. The second-order valence-electron chi connectivity index (χ2n) is 3.60. The Morgan fingerprint density at radius 1 is 1.55 bits per heavy atom. The highest BCUT2D eigenvalue weighted by Gasteiger charge is 2.27. The van der Waals surface area contributed by atoms with Gasteiger partial charge < -0.3 is 4.55 Å². The topological polar surface area (TPSA) is 49.1 Å². The Morgan fingerprint density at radius 2 is 2.09 bits per heavy atom. The van der Waals surface area contributed by atoms with Crippen molar-refractivity contribution < 1.29 is 4.55 Å². The van der Waals surface area contributed by atoms with Crippen LogP contribution in [0.3, 0.4) is 0 Å². The van der Waals surface area contributed by atoms with Gasteiger partial charge in [0.2, 0.25) is 0 Å². The summed E-state index contributed by atoms with van der Waals surface area (Å²) in [5.74, 6) is 0.734. The Labute approximate surface area is 71.2 Å². The van der Waals surface area contributed by atoms with E-state index in [1.165, 1.54) is 12.8 Å². The third-order valence-corrected chi connectivity index (χ3v) is 3.08. The van der Waals surface area contributed by atoms with Gasteiger partial charge in [0.15, 0.2) is 4.75 Å². The second-order valence-corrected chi connectivity index (χ2v) is 5.24. The number of nitrogens with two attached hydrogens (primary N) is 1. The first-order valence-electron chi connectivity index (χ1n) is 3.88. The van der Waals surface area contributed by atoms with Crippen molar-refractivity contribution in [2.24, 2.45) is 11.1 Å². The molecular formula is C8H15NOS. The maximum absolute atomic E-state index is 10.9. The van der Waals surface area contributed by atoms with Gasteiger partial charge in [-0.05, 0) is 38.7 Å². The zero-order valence-corrected chi connectivity index (χ0v) is 7.86. The fourth-order valence-corrected chi connectivity index (χ4v) is 0.936. The van der Waals surface area contributed by atoms with Crippen LogP contribution in [-0.4, -0.2) is 9.30 Å². The SMILES string of the molecule is CC(C)(C=CC1CC1)[S+](N)[O-]. The molecule has 0 amide bonds. The molecule has 2 N–H and O–H groups in total. The van der Waals surface area contributed by atoms with E-state index in [1.807, 2.05) is 19.9 Å². The quantitative estimate of drug-likeness (QED) is 0.517. The van der Waals surface area contributed by atoms with E-state index in [2.05, 4.69) is 6.08 Å². The van der Waals surface area contributed by atoms with Crippen LogP contribution in [0.15, 0.2) is 12.2 Å². The number of allylic oxidation sites excluding steroid dienone is 1. The van der Waals surface area contributed by atoms with Crippen molar-refractivity contribution in [3.63, 3.8) is 0 Å². The molecule has 1 aliphatic rings. The monoisotopic (exact) mass is 173 g/mol. The third-order valence-electron chi connectivity index (χ3n) is 1.91. The van der Waals surface area contributed by atoms with Crippen LogP contribution in [0.2, 0.25) is 0 Å². The van der Waals surface area contributed by atoms with E-state index >= 15 is 0 Å². The van der Waals surface area contributed by atoms with Gasteiger partial charge in [0.05, 0.1) is 0 Å². The Kier molecular flexibility index (Phi) is 2.62. The lowest BCUT2D eigenvalue weighted by atomic mass is 10.2. The molecule has 0 heterocycles. The molecule has 0 spiro atoms. The fraction of sp³-hybridized carbons (Fsp3) is 0.750. The molecule has 64 valence electrons. The lowest BCUT2D eigenvalue weighted by Crippen LogP contribution is -2.35. The minimum absolute atomic E-state index is 0.359. The summed E-state index contributed by atoms with van der Waals surface area (Å²) in [5, 5.41) is 5.30. The lowest BCUT2D eigenvalue weighted by molar-refractivity contribution is 0.572. The zero-order valence-electron chi connectivity index (χ0n) is 7.04. The first-order chi connectivity index (χ1) is 5.02. The summed E-state index contributed by atoms with van der Waals surface area (Å²) >= 11 is -1.25. The van der Waals surface area contributed by atoms with Crippen molar-refractivity contribution in [1.29, 1.82) is 0 Å². The fourth-order valence-electron chi connectivity index (χ4n) is 0.724. The van der Waals surface area contributed by atoms with Gasteiger partial charge in [-0.1, -0.05) is 6.08 Å². The van der Waals surface area contributed by atoms with Gasteiger partial charge in [-0.2, -0.15) is 5.14 Å². The van der Waals surface area contributed by atoms with Gasteiger partial charge in [-0.25, -0.2) is 0 Å². The van der Waals surface area contributed by atoms with Crippen molar-refractivity contribution in [3.05, 3.63) is 12.2 Å². The van der Waals surface area contributed by atoms with Gasteiger partial charge >= 0.3 is 0 Å². The van der Waals surface area contributed by atoms with E-state index in [-0.39, 0.29) is 4.75 Å². The number of hydrogen-bond donors (Lipinski definition) is 1. The molecule has 1 saturated carbocycles. The van der Waals surface area contributed by atoms with Gasteiger partial charge in [-0.15, -0.1) is 0 Å². The molecule has 0 saturated heterocycles. The zero-order chi connectivity index (χ0) is 8.48. The molecule has 0 aromatic heterocycles. The minimum Gasteiger partial charge on any atom is -0.598 e. The molecule has 2 nitrogen and oxygen atoms in total. The summed E-state index contributed by atoms with van der Waals surface area (Å²) in [6, 6.07) is 0. The van der Waals surface area contributed by atoms with E-state index in [0.717, 1.165) is 5.92 Å². The van der Waals surface area contributed by atoms with Crippen LogP contribution >= 0.6 is 0 Å². The van der Waals surface area contributed by atoms with E-state index < -0.39 is 11.4 Å². The first-order valence-corrected chi connectivity index (χ1v) is 5.09. The largest absolute Gasteiger partial charge is 0.598 e. The smallest absolute Gasteiger partial charge is 0.157 e. The molecule has 1 unspecified atom stereocenters. The highest BCUT2D eigenvalue weighted by atomic mass is 32.2. The normalized spacial score (nSPS) is 22.5. The average Bonchev–Trinajstić information content (AvgIpc) is 2.65. The summed E-state index contributed by atoms with van der Waals surface area (Å²) in [6.07, 6.45) is 6.67. The van der Waals surface area contributed by atoms with Crippen LogP contribution in [0.5, 0.6) is 0 Å². The molecule has 1 atom stereocenters. The Bertz CT molecular complexity index is 161. The average molecular weight is 173 g/mol. The van der Waals surface area contributed by atoms with Crippen LogP contribution in [0.1, 0.15) is 26.7 Å². The molecule has 0 aromatic carbocycles. The van der Waals surface area contributed by atoms with Crippen LogP contribution < -0.4 is 5.14 Å². The Hall–Kier alpha value is 0.01000. The molecule has 1 fully saturated rings. The van der Waals surface area contributed by atoms with Gasteiger partial charge in [0.25, 0.3) is 0 Å². The minimum atomic E-state index is -1.25.